The fraction of sp³-hybridized carbons (Fsp3) is 0.143. The number of amides is 1. The summed E-state index contributed by atoms with van der Waals surface area (Å²) in [5.74, 6) is -0.554. The fourth-order valence-electron chi connectivity index (χ4n) is 1.84. The van der Waals surface area contributed by atoms with E-state index in [-0.39, 0.29) is 33.7 Å². The Morgan fingerprint density at radius 2 is 2.08 bits per heavy atom. The maximum Gasteiger partial charge on any atom is 0.292 e. The second-order valence-electron chi connectivity index (χ2n) is 4.49. The first-order chi connectivity index (χ1) is 12.0. The van der Waals surface area contributed by atoms with Gasteiger partial charge < -0.3 is 11.1 Å². The molecule has 25 heavy (non-hydrogen) atoms. The number of carbonyl (C=O) groups excluding carboxylic acids is 1. The Hall–Kier alpha value is -2.84. The van der Waals surface area contributed by atoms with Crippen molar-refractivity contribution >= 4 is 46.8 Å². The van der Waals surface area contributed by atoms with Crippen LogP contribution in [0, 0.1) is 21.4 Å². The van der Waals surface area contributed by atoms with Crippen molar-refractivity contribution in [3.05, 3.63) is 39.9 Å². The molecule has 128 valence electrons. The van der Waals surface area contributed by atoms with Crippen LogP contribution in [0.3, 0.4) is 0 Å². The Morgan fingerprint density at radius 1 is 1.40 bits per heavy atom. The third-order valence-electron chi connectivity index (χ3n) is 2.88. The highest BCUT2D eigenvalue weighted by molar-refractivity contribution is 8.00. The minimum absolute atomic E-state index is 0.00459. The number of rotatable bonds is 6. The predicted molar refractivity (Wildman–Crippen MR) is 95.4 cm³/mol. The summed E-state index contributed by atoms with van der Waals surface area (Å²) in [5, 5.41) is 23.4. The highest BCUT2D eigenvalue weighted by Gasteiger charge is 2.17. The third kappa shape index (κ3) is 4.59. The SMILES string of the molecule is CSc1nc(N)nc(SCC(=O)Nc2ccccc2[N+](=O)[O-])c1C#N. The summed E-state index contributed by atoms with van der Waals surface area (Å²) in [5.41, 5.74) is 5.75. The lowest BCUT2D eigenvalue weighted by molar-refractivity contribution is -0.383. The Kier molecular flexibility index (Phi) is 6.15. The number of para-hydroxylation sites is 2. The molecule has 0 atom stereocenters. The Morgan fingerprint density at radius 3 is 2.72 bits per heavy atom. The number of thioether (sulfide) groups is 2. The first-order valence-corrected chi connectivity index (χ1v) is 8.95. The molecular formula is C14H12N6O3S2. The molecule has 2 aromatic rings. The van der Waals surface area contributed by atoms with E-state index in [0.717, 1.165) is 11.8 Å². The minimum Gasteiger partial charge on any atom is -0.368 e. The number of nitriles is 1. The van der Waals surface area contributed by atoms with Crippen LogP contribution in [0.15, 0.2) is 34.3 Å². The number of nitrogens with two attached hydrogens (primary N) is 1. The van der Waals surface area contributed by atoms with Crippen molar-refractivity contribution in [3.8, 4) is 6.07 Å². The number of aromatic nitrogens is 2. The summed E-state index contributed by atoms with van der Waals surface area (Å²) in [7, 11) is 0. The standard InChI is InChI=1S/C14H12N6O3S2/c1-24-12-8(6-15)13(19-14(16)18-12)25-7-11(21)17-9-4-2-3-5-10(9)20(22)23/h2-5H,7H2,1H3,(H,17,21)(H2,16,18,19). The monoisotopic (exact) mass is 376 g/mol. The molecule has 0 aliphatic rings. The largest absolute Gasteiger partial charge is 0.368 e. The molecule has 1 amide bonds. The Labute approximate surface area is 151 Å². The first kappa shape index (κ1) is 18.5. The van der Waals surface area contributed by atoms with Gasteiger partial charge in [0.1, 0.15) is 27.4 Å². The van der Waals surface area contributed by atoms with Gasteiger partial charge in [-0.15, -0.1) is 11.8 Å². The van der Waals surface area contributed by atoms with Gasteiger partial charge in [0, 0.05) is 6.07 Å². The molecule has 1 aromatic carbocycles. The molecule has 0 aliphatic carbocycles. The normalized spacial score (nSPS) is 10.1. The molecule has 9 nitrogen and oxygen atoms in total. The molecule has 1 aromatic heterocycles. The van der Waals surface area contributed by atoms with E-state index < -0.39 is 10.8 Å². The zero-order valence-electron chi connectivity index (χ0n) is 12.9. The molecule has 0 bridgehead atoms. The highest BCUT2D eigenvalue weighted by Crippen LogP contribution is 2.28. The van der Waals surface area contributed by atoms with Crippen LogP contribution >= 0.6 is 23.5 Å². The smallest absolute Gasteiger partial charge is 0.292 e. The predicted octanol–water partition coefficient (Wildman–Crippen LogP) is 2.29. The van der Waals surface area contributed by atoms with Crippen molar-refractivity contribution in [2.75, 3.05) is 23.1 Å². The van der Waals surface area contributed by atoms with E-state index >= 15 is 0 Å². The molecule has 0 fully saturated rings. The lowest BCUT2D eigenvalue weighted by Crippen LogP contribution is -2.15. The van der Waals surface area contributed by atoms with Gasteiger partial charge in [-0.05, 0) is 12.3 Å². The molecule has 0 saturated carbocycles. The molecule has 3 N–H and O–H groups in total. The van der Waals surface area contributed by atoms with Crippen molar-refractivity contribution in [2.24, 2.45) is 0 Å². The van der Waals surface area contributed by atoms with Gasteiger partial charge in [0.15, 0.2) is 0 Å². The van der Waals surface area contributed by atoms with Crippen molar-refractivity contribution in [3.63, 3.8) is 0 Å². The van der Waals surface area contributed by atoms with Gasteiger partial charge in [-0.2, -0.15) is 5.26 Å². The zero-order chi connectivity index (χ0) is 18.4. The van der Waals surface area contributed by atoms with Crippen molar-refractivity contribution in [2.45, 2.75) is 10.1 Å². The molecule has 1 heterocycles. The quantitative estimate of drug-likeness (QED) is 0.335. The summed E-state index contributed by atoms with van der Waals surface area (Å²) >= 11 is 2.26. The van der Waals surface area contributed by atoms with Gasteiger partial charge in [-0.25, -0.2) is 9.97 Å². The number of nitro benzene ring substituents is 1. The number of hydrogen-bond donors (Lipinski definition) is 2. The summed E-state index contributed by atoms with van der Waals surface area (Å²) in [4.78, 5) is 30.4. The van der Waals surface area contributed by atoms with Crippen molar-refractivity contribution in [1.82, 2.24) is 9.97 Å². The molecule has 0 aliphatic heterocycles. The van der Waals surface area contributed by atoms with E-state index in [1.807, 2.05) is 6.07 Å². The van der Waals surface area contributed by atoms with Crippen LogP contribution in [0.5, 0.6) is 0 Å². The molecule has 0 saturated heterocycles. The molecule has 11 heteroatoms. The Balaban J connectivity index is 2.13. The van der Waals surface area contributed by atoms with Gasteiger partial charge in [-0.3, -0.25) is 14.9 Å². The van der Waals surface area contributed by atoms with Crippen molar-refractivity contribution < 1.29 is 9.72 Å². The van der Waals surface area contributed by atoms with Crippen LogP contribution in [-0.2, 0) is 4.79 Å². The van der Waals surface area contributed by atoms with E-state index in [2.05, 4.69) is 15.3 Å². The van der Waals surface area contributed by atoms with E-state index in [9.17, 15) is 20.2 Å². The number of benzene rings is 1. The summed E-state index contributed by atoms with van der Waals surface area (Å²) in [6, 6.07) is 7.83. The maximum absolute atomic E-state index is 12.1. The number of nitrogens with zero attached hydrogens (tertiary/aromatic N) is 4. The lowest BCUT2D eigenvalue weighted by Gasteiger charge is -2.08. The zero-order valence-corrected chi connectivity index (χ0v) is 14.6. The fourth-order valence-corrected chi connectivity index (χ4v) is 3.22. The molecule has 2 rings (SSSR count). The van der Waals surface area contributed by atoms with E-state index in [0.29, 0.717) is 5.03 Å². The summed E-state index contributed by atoms with van der Waals surface area (Å²) < 4.78 is 0. The number of anilines is 2. The number of carbonyl (C=O) groups is 1. The summed E-state index contributed by atoms with van der Waals surface area (Å²) in [6.45, 7) is 0. The van der Waals surface area contributed by atoms with Gasteiger partial charge in [0.05, 0.1) is 10.7 Å². The van der Waals surface area contributed by atoms with Crippen LogP contribution in [0.4, 0.5) is 17.3 Å². The van der Waals surface area contributed by atoms with Crippen LogP contribution in [0.1, 0.15) is 5.56 Å². The first-order valence-electron chi connectivity index (χ1n) is 6.74. The van der Waals surface area contributed by atoms with Crippen LogP contribution in [0.25, 0.3) is 0 Å². The van der Waals surface area contributed by atoms with Crippen LogP contribution in [0.2, 0.25) is 0 Å². The van der Waals surface area contributed by atoms with E-state index in [4.69, 9.17) is 5.73 Å². The second kappa shape index (κ2) is 8.32. The summed E-state index contributed by atoms with van der Waals surface area (Å²) in [6.07, 6.45) is 1.75. The average molecular weight is 376 g/mol. The van der Waals surface area contributed by atoms with Crippen LogP contribution in [-0.4, -0.2) is 32.8 Å². The van der Waals surface area contributed by atoms with Gasteiger partial charge in [0.2, 0.25) is 11.9 Å². The molecule has 0 unspecified atom stereocenters. The van der Waals surface area contributed by atoms with Gasteiger partial charge in [0.25, 0.3) is 5.69 Å². The second-order valence-corrected chi connectivity index (χ2v) is 6.25. The Bertz CT molecular complexity index is 868. The number of nitrogen functional groups attached to an aromatic ring is 1. The number of nitrogens with one attached hydrogen (secondary N) is 1. The average Bonchev–Trinajstić information content (AvgIpc) is 2.59. The lowest BCUT2D eigenvalue weighted by atomic mass is 10.2. The number of nitro groups is 1. The molecule has 0 radical (unpaired) electrons. The van der Waals surface area contributed by atoms with E-state index in [1.54, 1.807) is 12.3 Å². The highest BCUT2D eigenvalue weighted by atomic mass is 32.2. The van der Waals surface area contributed by atoms with Crippen molar-refractivity contribution in [1.29, 1.82) is 5.26 Å². The van der Waals surface area contributed by atoms with E-state index in [1.165, 1.54) is 30.0 Å². The van der Waals surface area contributed by atoms with Crippen LogP contribution < -0.4 is 11.1 Å². The molecular weight excluding hydrogens is 364 g/mol. The third-order valence-corrected chi connectivity index (χ3v) is 4.54. The molecule has 0 spiro atoms. The maximum atomic E-state index is 12.1. The topological polar surface area (TPSA) is 148 Å². The van der Waals surface area contributed by atoms with Gasteiger partial charge in [-0.1, -0.05) is 23.9 Å². The van der Waals surface area contributed by atoms with Gasteiger partial charge >= 0.3 is 0 Å². The minimum atomic E-state index is -0.577. The number of hydrogen-bond acceptors (Lipinski definition) is 9.